The van der Waals surface area contributed by atoms with Crippen LogP contribution in [0.4, 0.5) is 11.4 Å². The number of anilines is 1. The molecule has 0 heterocycles. The fourth-order valence-corrected chi connectivity index (χ4v) is 2.39. The van der Waals surface area contributed by atoms with Crippen LogP contribution in [0.15, 0.2) is 36.4 Å². The van der Waals surface area contributed by atoms with Gasteiger partial charge in [0.25, 0.3) is 11.6 Å². The predicted molar refractivity (Wildman–Crippen MR) is 96.3 cm³/mol. The summed E-state index contributed by atoms with van der Waals surface area (Å²) >= 11 is 0. The summed E-state index contributed by atoms with van der Waals surface area (Å²) in [5, 5.41) is 13.7. The molecule has 1 N–H and O–H groups in total. The number of nitro benzene ring substituents is 1. The summed E-state index contributed by atoms with van der Waals surface area (Å²) in [5.74, 6) is -0.643. The lowest BCUT2D eigenvalue weighted by atomic mass is 10.1. The Morgan fingerprint density at radius 2 is 1.81 bits per heavy atom. The summed E-state index contributed by atoms with van der Waals surface area (Å²) in [5.41, 5.74) is 0.182. The summed E-state index contributed by atoms with van der Waals surface area (Å²) in [6.45, 7) is 0.914. The Balaban J connectivity index is 2.03. The van der Waals surface area contributed by atoms with Crippen molar-refractivity contribution in [3.05, 3.63) is 57.6 Å². The van der Waals surface area contributed by atoms with E-state index in [-0.39, 0.29) is 11.3 Å². The minimum atomic E-state index is -0.951. The lowest BCUT2D eigenvalue weighted by Gasteiger charge is -2.11. The first-order valence-electron chi connectivity index (χ1n) is 7.80. The molecule has 0 aliphatic heterocycles. The zero-order valence-electron chi connectivity index (χ0n) is 15.0. The Morgan fingerprint density at radius 1 is 1.11 bits per heavy atom. The highest BCUT2D eigenvalue weighted by Crippen LogP contribution is 2.29. The van der Waals surface area contributed by atoms with Crippen LogP contribution in [0.1, 0.15) is 15.9 Å². The molecule has 2 aromatic rings. The van der Waals surface area contributed by atoms with Gasteiger partial charge in [-0.3, -0.25) is 14.9 Å². The van der Waals surface area contributed by atoms with E-state index >= 15 is 0 Å². The zero-order valence-corrected chi connectivity index (χ0v) is 15.0. The molecule has 142 valence electrons. The number of ether oxygens (including phenoxy) is 3. The number of para-hydroxylation sites is 1. The van der Waals surface area contributed by atoms with E-state index in [1.165, 1.54) is 39.3 Å². The van der Waals surface area contributed by atoms with Gasteiger partial charge in [0.2, 0.25) is 0 Å². The molecular formula is C18H18N2O7. The van der Waals surface area contributed by atoms with Crippen molar-refractivity contribution < 1.29 is 28.7 Å². The molecule has 0 spiro atoms. The highest BCUT2D eigenvalue weighted by atomic mass is 16.6. The van der Waals surface area contributed by atoms with Gasteiger partial charge in [-0.1, -0.05) is 12.1 Å². The summed E-state index contributed by atoms with van der Waals surface area (Å²) in [7, 11) is 2.94. The third-order valence-electron chi connectivity index (χ3n) is 3.64. The van der Waals surface area contributed by atoms with Crippen molar-refractivity contribution in [2.75, 3.05) is 26.1 Å². The molecule has 9 nitrogen and oxygen atoms in total. The molecule has 0 saturated carbocycles. The van der Waals surface area contributed by atoms with E-state index in [4.69, 9.17) is 14.2 Å². The fraction of sp³-hybridized carbons (Fsp3) is 0.222. The SMILES string of the molecule is COc1ccc(NC(=O)COC(=O)c2cccc(C)c2[N+](=O)[O-])cc1OC. The van der Waals surface area contributed by atoms with Crippen LogP contribution in [0, 0.1) is 17.0 Å². The van der Waals surface area contributed by atoms with Crippen molar-refractivity contribution >= 4 is 23.3 Å². The smallest absolute Gasteiger partial charge is 0.345 e. The Hall–Kier alpha value is -3.62. The first-order valence-corrected chi connectivity index (χ1v) is 7.80. The van der Waals surface area contributed by atoms with Crippen molar-refractivity contribution in [1.82, 2.24) is 0 Å². The maximum Gasteiger partial charge on any atom is 0.345 e. The van der Waals surface area contributed by atoms with Gasteiger partial charge in [0.1, 0.15) is 5.56 Å². The average molecular weight is 374 g/mol. The maximum absolute atomic E-state index is 12.1. The summed E-state index contributed by atoms with van der Waals surface area (Å²) in [6, 6.07) is 9.04. The van der Waals surface area contributed by atoms with Crippen LogP contribution in [0.5, 0.6) is 11.5 Å². The highest BCUT2D eigenvalue weighted by molar-refractivity contribution is 5.98. The molecule has 2 aromatic carbocycles. The van der Waals surface area contributed by atoms with Crippen LogP contribution in [-0.2, 0) is 9.53 Å². The molecule has 0 saturated heterocycles. The Bertz CT molecular complexity index is 880. The maximum atomic E-state index is 12.1. The number of rotatable bonds is 7. The number of methoxy groups -OCH3 is 2. The van der Waals surface area contributed by atoms with E-state index < -0.39 is 23.4 Å². The Kier molecular flexibility index (Phi) is 6.32. The van der Waals surface area contributed by atoms with Gasteiger partial charge in [0, 0.05) is 17.3 Å². The molecule has 0 radical (unpaired) electrons. The van der Waals surface area contributed by atoms with Gasteiger partial charge >= 0.3 is 5.97 Å². The number of esters is 1. The van der Waals surface area contributed by atoms with Gasteiger partial charge in [0.05, 0.1) is 19.1 Å². The van der Waals surface area contributed by atoms with Crippen molar-refractivity contribution in [1.29, 1.82) is 0 Å². The van der Waals surface area contributed by atoms with E-state index in [0.29, 0.717) is 22.7 Å². The van der Waals surface area contributed by atoms with Gasteiger partial charge in [-0.15, -0.1) is 0 Å². The average Bonchev–Trinajstić information content (AvgIpc) is 2.65. The van der Waals surface area contributed by atoms with Gasteiger partial charge < -0.3 is 19.5 Å². The summed E-state index contributed by atoms with van der Waals surface area (Å²) in [6.07, 6.45) is 0. The number of aryl methyl sites for hydroxylation is 1. The fourth-order valence-electron chi connectivity index (χ4n) is 2.39. The number of carbonyl (C=O) groups is 2. The quantitative estimate of drug-likeness (QED) is 0.450. The zero-order chi connectivity index (χ0) is 20.0. The topological polar surface area (TPSA) is 117 Å². The number of nitro groups is 1. The second-order valence-electron chi connectivity index (χ2n) is 5.42. The molecule has 2 rings (SSSR count). The normalized spacial score (nSPS) is 10.0. The number of nitrogens with zero attached hydrogens (tertiary/aromatic N) is 1. The largest absolute Gasteiger partial charge is 0.493 e. The van der Waals surface area contributed by atoms with Gasteiger partial charge in [-0.2, -0.15) is 0 Å². The van der Waals surface area contributed by atoms with Crippen molar-refractivity contribution in [3.63, 3.8) is 0 Å². The van der Waals surface area contributed by atoms with Crippen LogP contribution in [0.25, 0.3) is 0 Å². The Morgan fingerprint density at radius 3 is 2.44 bits per heavy atom. The second-order valence-corrected chi connectivity index (χ2v) is 5.42. The number of hydrogen-bond donors (Lipinski definition) is 1. The van der Waals surface area contributed by atoms with E-state index in [9.17, 15) is 19.7 Å². The van der Waals surface area contributed by atoms with Crippen LogP contribution >= 0.6 is 0 Å². The van der Waals surface area contributed by atoms with Crippen LogP contribution in [0.2, 0.25) is 0 Å². The lowest BCUT2D eigenvalue weighted by Crippen LogP contribution is -2.21. The molecule has 1 amide bonds. The molecule has 0 aliphatic rings. The molecule has 0 unspecified atom stereocenters. The molecule has 27 heavy (non-hydrogen) atoms. The summed E-state index contributed by atoms with van der Waals surface area (Å²) < 4.78 is 15.1. The van der Waals surface area contributed by atoms with Crippen molar-refractivity contribution in [3.8, 4) is 11.5 Å². The minimum absolute atomic E-state index is 0.209. The second kappa shape index (κ2) is 8.65. The number of benzene rings is 2. The summed E-state index contributed by atoms with van der Waals surface area (Å²) in [4.78, 5) is 34.6. The third kappa shape index (κ3) is 4.72. The van der Waals surface area contributed by atoms with Gasteiger partial charge in [-0.05, 0) is 25.1 Å². The monoisotopic (exact) mass is 374 g/mol. The van der Waals surface area contributed by atoms with Gasteiger partial charge in [-0.25, -0.2) is 4.79 Å². The van der Waals surface area contributed by atoms with E-state index in [0.717, 1.165) is 0 Å². The van der Waals surface area contributed by atoms with Crippen LogP contribution < -0.4 is 14.8 Å². The molecule has 0 bridgehead atoms. The van der Waals surface area contributed by atoms with Crippen LogP contribution in [-0.4, -0.2) is 37.6 Å². The highest BCUT2D eigenvalue weighted by Gasteiger charge is 2.24. The van der Waals surface area contributed by atoms with Crippen molar-refractivity contribution in [2.45, 2.75) is 6.92 Å². The number of amides is 1. The van der Waals surface area contributed by atoms with E-state index in [1.54, 1.807) is 18.2 Å². The minimum Gasteiger partial charge on any atom is -0.493 e. The molecule has 0 atom stereocenters. The van der Waals surface area contributed by atoms with E-state index in [1.807, 2.05) is 0 Å². The molecule has 9 heteroatoms. The molecule has 0 aromatic heterocycles. The first kappa shape index (κ1) is 19.7. The lowest BCUT2D eigenvalue weighted by molar-refractivity contribution is -0.385. The standard InChI is InChI=1S/C18H18N2O7/c1-11-5-4-6-13(17(11)20(23)24)18(22)27-10-16(21)19-12-7-8-14(25-2)15(9-12)26-3/h4-9H,10H2,1-3H3,(H,19,21). The van der Waals surface area contributed by atoms with Crippen molar-refractivity contribution in [2.24, 2.45) is 0 Å². The van der Waals surface area contributed by atoms with E-state index in [2.05, 4.69) is 5.32 Å². The number of nitrogens with one attached hydrogen (secondary N) is 1. The Labute approximate surface area is 155 Å². The van der Waals surface area contributed by atoms with Gasteiger partial charge in [0.15, 0.2) is 18.1 Å². The molecule has 0 fully saturated rings. The van der Waals surface area contributed by atoms with Crippen LogP contribution in [0.3, 0.4) is 0 Å². The third-order valence-corrected chi connectivity index (χ3v) is 3.64. The first-order chi connectivity index (χ1) is 12.9. The molecular weight excluding hydrogens is 356 g/mol. The number of hydrogen-bond acceptors (Lipinski definition) is 7. The predicted octanol–water partition coefficient (Wildman–Crippen LogP) is 2.72. The number of carbonyl (C=O) groups excluding carboxylic acids is 2. The molecule has 0 aliphatic carbocycles.